The molecule has 0 aliphatic heterocycles. The summed E-state index contributed by atoms with van der Waals surface area (Å²) >= 11 is 0. The lowest BCUT2D eigenvalue weighted by Crippen LogP contribution is -2.03. The normalized spacial score (nSPS) is 10.5. The number of ether oxygens (including phenoxy) is 2. The number of aromatic nitrogens is 2. The van der Waals surface area contributed by atoms with Crippen molar-refractivity contribution in [2.24, 2.45) is 5.73 Å². The number of hydrogen-bond acceptors (Lipinski definition) is 4. The zero-order chi connectivity index (χ0) is 13.8. The molecule has 0 unspecified atom stereocenters. The second-order valence-electron chi connectivity index (χ2n) is 4.29. The smallest absolute Gasteiger partial charge is 0.127 e. The number of benzene rings is 1. The van der Waals surface area contributed by atoms with Gasteiger partial charge in [0.1, 0.15) is 17.3 Å². The van der Waals surface area contributed by atoms with Gasteiger partial charge in [0, 0.05) is 24.4 Å². The van der Waals surface area contributed by atoms with Crippen LogP contribution in [0.2, 0.25) is 0 Å². The first kappa shape index (κ1) is 13.4. The Morgan fingerprint density at radius 2 is 2.05 bits per heavy atom. The molecule has 0 amide bonds. The van der Waals surface area contributed by atoms with Crippen molar-refractivity contribution in [1.29, 1.82) is 0 Å². The summed E-state index contributed by atoms with van der Waals surface area (Å²) in [5.41, 5.74) is 7.57. The van der Waals surface area contributed by atoms with Gasteiger partial charge in [-0.2, -0.15) is 0 Å². The van der Waals surface area contributed by atoms with E-state index in [1.165, 1.54) is 0 Å². The zero-order valence-corrected chi connectivity index (χ0v) is 11.5. The van der Waals surface area contributed by atoms with Gasteiger partial charge in [-0.05, 0) is 19.1 Å². The summed E-state index contributed by atoms with van der Waals surface area (Å²) in [7, 11) is 3.30. The van der Waals surface area contributed by atoms with Crippen molar-refractivity contribution in [1.82, 2.24) is 9.55 Å². The van der Waals surface area contributed by atoms with Gasteiger partial charge in [-0.1, -0.05) is 0 Å². The van der Waals surface area contributed by atoms with E-state index >= 15 is 0 Å². The molecule has 5 heteroatoms. The van der Waals surface area contributed by atoms with Crippen LogP contribution in [-0.2, 0) is 13.1 Å². The molecule has 1 heterocycles. The molecule has 0 atom stereocenters. The molecular weight excluding hydrogens is 242 g/mol. The van der Waals surface area contributed by atoms with Crippen molar-refractivity contribution < 1.29 is 9.47 Å². The summed E-state index contributed by atoms with van der Waals surface area (Å²) in [5.74, 6) is 2.53. The Hall–Kier alpha value is -2.01. The van der Waals surface area contributed by atoms with E-state index in [0.29, 0.717) is 13.1 Å². The molecule has 0 spiro atoms. The molecule has 1 aromatic heterocycles. The summed E-state index contributed by atoms with van der Waals surface area (Å²) in [4.78, 5) is 4.39. The van der Waals surface area contributed by atoms with Crippen molar-refractivity contribution in [3.63, 3.8) is 0 Å². The van der Waals surface area contributed by atoms with Gasteiger partial charge in [-0.15, -0.1) is 0 Å². The summed E-state index contributed by atoms with van der Waals surface area (Å²) in [6.07, 6.45) is 1.97. The van der Waals surface area contributed by atoms with E-state index in [2.05, 4.69) is 9.55 Å². The van der Waals surface area contributed by atoms with Gasteiger partial charge in [-0.3, -0.25) is 0 Å². The maximum Gasteiger partial charge on any atom is 0.127 e. The van der Waals surface area contributed by atoms with Crippen LogP contribution in [0.4, 0.5) is 0 Å². The largest absolute Gasteiger partial charge is 0.497 e. The van der Waals surface area contributed by atoms with E-state index in [0.717, 1.165) is 28.6 Å². The molecule has 0 aliphatic rings. The van der Waals surface area contributed by atoms with Crippen molar-refractivity contribution in [3.05, 3.63) is 41.5 Å². The molecule has 0 fully saturated rings. The van der Waals surface area contributed by atoms with Crippen LogP contribution in [-0.4, -0.2) is 23.8 Å². The van der Waals surface area contributed by atoms with E-state index in [-0.39, 0.29) is 0 Å². The fourth-order valence-electron chi connectivity index (χ4n) is 2.00. The van der Waals surface area contributed by atoms with Gasteiger partial charge in [0.25, 0.3) is 0 Å². The molecule has 102 valence electrons. The Morgan fingerprint density at radius 3 is 2.63 bits per heavy atom. The average molecular weight is 261 g/mol. The van der Waals surface area contributed by atoms with E-state index in [9.17, 15) is 0 Å². The summed E-state index contributed by atoms with van der Waals surface area (Å²) < 4.78 is 12.6. The fraction of sp³-hybridized carbons (Fsp3) is 0.357. The topological polar surface area (TPSA) is 62.3 Å². The highest BCUT2D eigenvalue weighted by Gasteiger charge is 2.08. The molecule has 0 radical (unpaired) electrons. The van der Waals surface area contributed by atoms with Crippen LogP contribution in [0, 0.1) is 6.92 Å². The third-order valence-electron chi connectivity index (χ3n) is 3.07. The first-order chi connectivity index (χ1) is 9.17. The van der Waals surface area contributed by atoms with Gasteiger partial charge < -0.3 is 19.8 Å². The first-order valence-corrected chi connectivity index (χ1v) is 6.11. The highest BCUT2D eigenvalue weighted by molar-refractivity contribution is 5.41. The second-order valence-corrected chi connectivity index (χ2v) is 4.29. The first-order valence-electron chi connectivity index (χ1n) is 6.11. The molecule has 5 nitrogen and oxygen atoms in total. The highest BCUT2D eigenvalue weighted by Crippen LogP contribution is 2.25. The van der Waals surface area contributed by atoms with E-state index in [1.807, 2.05) is 31.3 Å². The predicted octanol–water partition coefficient (Wildman–Crippen LogP) is 1.72. The lowest BCUT2D eigenvalue weighted by molar-refractivity contribution is 0.390. The third-order valence-corrected chi connectivity index (χ3v) is 3.07. The van der Waals surface area contributed by atoms with E-state index < -0.39 is 0 Å². The molecule has 0 aliphatic carbocycles. The molecule has 2 aromatic rings. The molecular formula is C14H19N3O2. The monoisotopic (exact) mass is 261 g/mol. The zero-order valence-electron chi connectivity index (χ0n) is 11.5. The fourth-order valence-corrected chi connectivity index (χ4v) is 2.00. The van der Waals surface area contributed by atoms with Crippen LogP contribution < -0.4 is 15.2 Å². The summed E-state index contributed by atoms with van der Waals surface area (Å²) in [6, 6.07) is 5.80. The number of aryl methyl sites for hydroxylation is 1. The lowest BCUT2D eigenvalue weighted by atomic mass is 10.2. The molecule has 1 aromatic carbocycles. The van der Waals surface area contributed by atoms with E-state index in [4.69, 9.17) is 15.2 Å². The van der Waals surface area contributed by atoms with Gasteiger partial charge >= 0.3 is 0 Å². The minimum Gasteiger partial charge on any atom is -0.497 e. The number of rotatable bonds is 5. The van der Waals surface area contributed by atoms with Crippen molar-refractivity contribution in [2.45, 2.75) is 20.0 Å². The minimum atomic E-state index is 0.452. The second kappa shape index (κ2) is 5.75. The molecule has 0 saturated heterocycles. The minimum absolute atomic E-state index is 0.452. The SMILES string of the molecule is COc1ccc(Cn2cc(CN)nc2C)c(OC)c1. The Labute approximate surface area is 113 Å². The van der Waals surface area contributed by atoms with Crippen molar-refractivity contribution in [2.75, 3.05) is 14.2 Å². The van der Waals surface area contributed by atoms with Crippen LogP contribution in [0.3, 0.4) is 0 Å². The quantitative estimate of drug-likeness (QED) is 0.890. The van der Waals surface area contributed by atoms with Crippen molar-refractivity contribution in [3.8, 4) is 11.5 Å². The van der Waals surface area contributed by atoms with Crippen LogP contribution in [0.1, 0.15) is 17.1 Å². The Morgan fingerprint density at radius 1 is 1.26 bits per heavy atom. The van der Waals surface area contributed by atoms with Gasteiger partial charge in [0.15, 0.2) is 0 Å². The molecule has 0 saturated carbocycles. The maximum absolute atomic E-state index is 5.60. The van der Waals surface area contributed by atoms with Gasteiger partial charge in [0.05, 0.1) is 26.5 Å². The van der Waals surface area contributed by atoms with E-state index in [1.54, 1.807) is 14.2 Å². The number of hydrogen-bond donors (Lipinski definition) is 1. The summed E-state index contributed by atoms with van der Waals surface area (Å²) in [5, 5.41) is 0. The molecule has 0 bridgehead atoms. The Balaban J connectivity index is 2.29. The third kappa shape index (κ3) is 2.88. The molecule has 2 rings (SSSR count). The van der Waals surface area contributed by atoms with Crippen LogP contribution in [0.25, 0.3) is 0 Å². The number of methoxy groups -OCH3 is 2. The van der Waals surface area contributed by atoms with Crippen LogP contribution >= 0.6 is 0 Å². The van der Waals surface area contributed by atoms with Crippen molar-refractivity contribution >= 4 is 0 Å². The van der Waals surface area contributed by atoms with Gasteiger partial charge in [-0.25, -0.2) is 4.98 Å². The molecule has 2 N–H and O–H groups in total. The Kier molecular flexibility index (Phi) is 4.06. The predicted molar refractivity (Wildman–Crippen MR) is 73.5 cm³/mol. The highest BCUT2D eigenvalue weighted by atomic mass is 16.5. The number of imidazole rings is 1. The van der Waals surface area contributed by atoms with Crippen LogP contribution in [0.5, 0.6) is 11.5 Å². The number of nitrogens with two attached hydrogens (primary N) is 1. The lowest BCUT2D eigenvalue weighted by Gasteiger charge is -2.11. The summed E-state index contributed by atoms with van der Waals surface area (Å²) in [6.45, 7) is 3.12. The Bertz CT molecular complexity index is 564. The standard InChI is InChI=1S/C14H19N3O2/c1-10-16-12(7-15)9-17(10)8-11-4-5-13(18-2)6-14(11)19-3/h4-6,9H,7-8,15H2,1-3H3. The maximum atomic E-state index is 5.60. The average Bonchev–Trinajstić information content (AvgIpc) is 2.80. The van der Waals surface area contributed by atoms with Gasteiger partial charge in [0.2, 0.25) is 0 Å². The number of nitrogens with zero attached hydrogens (tertiary/aromatic N) is 2. The molecule has 19 heavy (non-hydrogen) atoms. The van der Waals surface area contributed by atoms with Crippen LogP contribution in [0.15, 0.2) is 24.4 Å².